The third kappa shape index (κ3) is 16.8. The van der Waals surface area contributed by atoms with Crippen molar-refractivity contribution in [2.75, 3.05) is 0 Å². The number of nitrogens with one attached hydrogen (secondary N) is 1. The zero-order valence-electron chi connectivity index (χ0n) is 17.6. The average Bonchev–Trinajstić information content (AvgIpc) is 2.43. The summed E-state index contributed by atoms with van der Waals surface area (Å²) in [5, 5.41) is 11.9. The summed E-state index contributed by atoms with van der Waals surface area (Å²) >= 11 is 0. The molecular weight excluding hydrogens is 313 g/mol. The van der Waals surface area contributed by atoms with Gasteiger partial charge in [-0.15, -0.1) is 0 Å². The van der Waals surface area contributed by atoms with Crippen LogP contribution in [0.3, 0.4) is 0 Å². The van der Waals surface area contributed by atoms with Crippen molar-refractivity contribution in [3.63, 3.8) is 0 Å². The van der Waals surface area contributed by atoms with Crippen molar-refractivity contribution >= 4 is 11.9 Å². The van der Waals surface area contributed by atoms with Gasteiger partial charge in [-0.2, -0.15) is 0 Å². The number of carbonyl (C=O) groups is 2. The summed E-state index contributed by atoms with van der Waals surface area (Å²) in [6, 6.07) is -0.777. The monoisotopic (exact) mass is 351 g/mol. The first-order valence-electron chi connectivity index (χ1n) is 9.28. The van der Waals surface area contributed by atoms with Gasteiger partial charge in [0.15, 0.2) is 0 Å². The third-order valence-electron chi connectivity index (χ3n) is 3.96. The predicted molar refractivity (Wildman–Crippen MR) is 96.6 cm³/mol. The number of hydrogen-bond acceptors (Lipinski definition) is 2. The molecule has 0 bridgehead atoms. The number of hydrogen-bond donors (Lipinski definition) is 2. The summed E-state index contributed by atoms with van der Waals surface area (Å²) in [6.07, 6.45) is 11.8. The van der Waals surface area contributed by atoms with E-state index in [0.29, 0.717) is 12.8 Å². The van der Waals surface area contributed by atoms with Gasteiger partial charge in [0.25, 0.3) is 0 Å². The molecule has 0 unspecified atom stereocenters. The van der Waals surface area contributed by atoms with E-state index in [9.17, 15) is 14.7 Å². The molecule has 0 saturated carbocycles. The van der Waals surface area contributed by atoms with E-state index < -0.39 is 12.0 Å². The van der Waals surface area contributed by atoms with Crippen molar-refractivity contribution < 1.29 is 45.7 Å². The second-order valence-corrected chi connectivity index (χ2v) is 7.80. The Morgan fingerprint density at radius 1 is 0.958 bits per heavy atom. The Morgan fingerprint density at radius 2 is 1.42 bits per heavy atom. The minimum absolute atomic E-state index is 0. The van der Waals surface area contributed by atoms with Crippen LogP contribution in [0.1, 0.15) is 99.8 Å². The van der Waals surface area contributed by atoms with E-state index in [4.69, 9.17) is 0 Å². The number of rotatable bonds is 13. The van der Waals surface area contributed by atoms with Gasteiger partial charge in [-0.05, 0) is 18.3 Å². The van der Waals surface area contributed by atoms with E-state index in [-0.39, 0.29) is 42.3 Å². The fourth-order valence-electron chi connectivity index (χ4n) is 2.68. The molecule has 2 N–H and O–H groups in total. The van der Waals surface area contributed by atoms with Crippen molar-refractivity contribution in [3.05, 3.63) is 0 Å². The van der Waals surface area contributed by atoms with Gasteiger partial charge in [-0.25, -0.2) is 4.79 Å². The van der Waals surface area contributed by atoms with E-state index in [1.54, 1.807) is 0 Å². The fourth-order valence-corrected chi connectivity index (χ4v) is 2.68. The summed E-state index contributed by atoms with van der Waals surface area (Å²) in [5.41, 5.74) is -0.117. The number of carboxylic acid groups (broad SMARTS) is 1. The second-order valence-electron chi connectivity index (χ2n) is 7.80. The van der Waals surface area contributed by atoms with Gasteiger partial charge in [0.05, 0.1) is 0 Å². The smallest absolute Gasteiger partial charge is 1.00 e. The first-order valence-corrected chi connectivity index (χ1v) is 9.28. The Kier molecular flexibility index (Phi) is 16.6. The largest absolute Gasteiger partial charge is 1.00 e. The molecule has 4 nitrogen and oxygen atoms in total. The van der Waals surface area contributed by atoms with Crippen molar-refractivity contribution in [1.82, 2.24) is 5.32 Å². The summed E-state index contributed by atoms with van der Waals surface area (Å²) in [6.45, 7) is 8.17. The number of aliphatic carboxylic acids is 1. The van der Waals surface area contributed by atoms with Crippen molar-refractivity contribution in [1.29, 1.82) is 0 Å². The Hall–Kier alpha value is -0.0600. The van der Waals surface area contributed by atoms with E-state index >= 15 is 0 Å². The first kappa shape index (κ1) is 26.2. The Balaban J connectivity index is -0.00000242. The average molecular weight is 352 g/mol. The molecule has 0 aliphatic carbocycles. The van der Waals surface area contributed by atoms with Crippen molar-refractivity contribution in [2.24, 2.45) is 5.41 Å². The molecular formula is C19H38NNaO3. The summed E-state index contributed by atoms with van der Waals surface area (Å²) in [4.78, 5) is 23.1. The van der Waals surface area contributed by atoms with Crippen LogP contribution in [0.4, 0.5) is 0 Å². The van der Waals surface area contributed by atoms with E-state index in [0.717, 1.165) is 12.8 Å². The van der Waals surface area contributed by atoms with Crippen molar-refractivity contribution in [3.8, 4) is 0 Å². The number of unbranched alkanes of at least 4 members (excludes halogenated alkanes) is 8. The van der Waals surface area contributed by atoms with Gasteiger partial charge in [0.2, 0.25) is 5.91 Å². The Bertz CT molecular complexity index is 346. The van der Waals surface area contributed by atoms with Crippen LogP contribution in [0.15, 0.2) is 0 Å². The molecule has 0 heterocycles. The van der Waals surface area contributed by atoms with E-state index in [1.165, 1.54) is 44.9 Å². The molecule has 0 aliphatic heterocycles. The van der Waals surface area contributed by atoms with Gasteiger partial charge >= 0.3 is 35.5 Å². The third-order valence-corrected chi connectivity index (χ3v) is 3.96. The van der Waals surface area contributed by atoms with E-state index in [1.807, 2.05) is 20.8 Å². The standard InChI is InChI=1S/C19H37NO3.Na.H/c1-5-6-7-8-9-10-11-12-13-14-17(21)20-16(18(22)23)15-19(2,3)4;;/h16H,5-15H2,1-4H3,(H,20,21)(H,22,23);;/q;+1;-1/t16-;;/m0../s1. The summed E-state index contributed by atoms with van der Waals surface area (Å²) < 4.78 is 0. The molecule has 24 heavy (non-hydrogen) atoms. The zero-order valence-corrected chi connectivity index (χ0v) is 18.6. The molecule has 1 amide bonds. The van der Waals surface area contributed by atoms with Crippen LogP contribution in [0.25, 0.3) is 0 Å². The molecule has 138 valence electrons. The second kappa shape index (κ2) is 15.2. The molecule has 0 spiro atoms. The molecule has 1 atom stereocenters. The molecule has 0 rings (SSSR count). The molecule has 0 aliphatic rings. The van der Waals surface area contributed by atoms with Crippen molar-refractivity contribution in [2.45, 2.75) is 104 Å². The summed E-state index contributed by atoms with van der Waals surface area (Å²) in [5.74, 6) is -1.08. The molecule has 0 saturated heterocycles. The van der Waals surface area contributed by atoms with Gasteiger partial charge in [-0.1, -0.05) is 79.1 Å². The minimum atomic E-state index is -0.944. The normalized spacial score (nSPS) is 12.3. The van der Waals surface area contributed by atoms with E-state index in [2.05, 4.69) is 12.2 Å². The fraction of sp³-hybridized carbons (Fsp3) is 0.895. The maximum Gasteiger partial charge on any atom is 1.00 e. The first-order chi connectivity index (χ1) is 10.8. The zero-order chi connectivity index (χ0) is 17.7. The molecule has 0 radical (unpaired) electrons. The number of carboxylic acids is 1. The molecule has 5 heteroatoms. The Labute approximate surface area is 172 Å². The van der Waals surface area contributed by atoms with Crippen LogP contribution < -0.4 is 34.9 Å². The van der Waals surface area contributed by atoms with Gasteiger partial charge in [0.1, 0.15) is 6.04 Å². The van der Waals surface area contributed by atoms with Crippen LogP contribution in [0, 0.1) is 5.41 Å². The SMILES string of the molecule is CCCCCCCCCCCC(=O)N[C@@H](CC(C)(C)C)C(=O)O.[H-].[Na+]. The van der Waals surface area contributed by atoms with Crippen LogP contribution in [-0.2, 0) is 9.59 Å². The van der Waals surface area contributed by atoms with Crippen LogP contribution in [0.2, 0.25) is 0 Å². The molecule has 0 aromatic carbocycles. The van der Waals surface area contributed by atoms with Gasteiger partial charge < -0.3 is 11.8 Å². The quantitative estimate of drug-likeness (QED) is 0.394. The van der Waals surface area contributed by atoms with Crippen LogP contribution in [0.5, 0.6) is 0 Å². The topological polar surface area (TPSA) is 66.4 Å². The number of amides is 1. The maximum absolute atomic E-state index is 11.9. The van der Waals surface area contributed by atoms with Gasteiger partial charge in [-0.3, -0.25) is 4.79 Å². The maximum atomic E-state index is 11.9. The van der Waals surface area contributed by atoms with Gasteiger partial charge in [0, 0.05) is 6.42 Å². The number of carbonyl (C=O) groups excluding carboxylic acids is 1. The minimum Gasteiger partial charge on any atom is -1.00 e. The molecule has 0 fully saturated rings. The predicted octanol–water partition coefficient (Wildman–Crippen LogP) is 2.03. The van der Waals surface area contributed by atoms with Crippen LogP contribution >= 0.6 is 0 Å². The van der Waals surface area contributed by atoms with Crippen LogP contribution in [-0.4, -0.2) is 23.0 Å². The summed E-state index contributed by atoms with van der Waals surface area (Å²) in [7, 11) is 0. The Morgan fingerprint density at radius 3 is 1.83 bits per heavy atom. The molecule has 0 aromatic heterocycles. The molecule has 0 aromatic rings.